The van der Waals surface area contributed by atoms with Crippen LogP contribution in [0.5, 0.6) is 0 Å². The quantitative estimate of drug-likeness (QED) is 0.529. The molecule has 2 aromatic heterocycles. The highest BCUT2D eigenvalue weighted by atomic mass is 32.2. The molecule has 1 aliphatic heterocycles. The van der Waals surface area contributed by atoms with Gasteiger partial charge in [-0.2, -0.15) is 11.8 Å². The molecule has 1 fully saturated rings. The minimum atomic E-state index is -0.534. The Balaban J connectivity index is 1.58. The first kappa shape index (κ1) is 22.1. The van der Waals surface area contributed by atoms with Crippen LogP contribution in [0.1, 0.15) is 25.0 Å². The smallest absolute Gasteiger partial charge is 0.275 e. The molecule has 2 atom stereocenters. The van der Waals surface area contributed by atoms with Crippen LogP contribution in [0.3, 0.4) is 0 Å². The van der Waals surface area contributed by atoms with Crippen molar-refractivity contribution >= 4 is 22.8 Å². The topological polar surface area (TPSA) is 83.2 Å². The van der Waals surface area contributed by atoms with E-state index in [4.69, 9.17) is 9.47 Å². The highest BCUT2D eigenvalue weighted by Gasteiger charge is 2.37. The SMILES string of the molecule is CSC[C@@H](CN(Cc1ccccc1)Cc1c[nH]c2c(=O)[nH]cnc12)[C@@H]1COC(C)(C)O1. The van der Waals surface area contributed by atoms with E-state index in [1.165, 1.54) is 11.9 Å². The standard InChI is InChI=1S/C23H30N4O3S/c1-23(2)29-13-19(30-23)18(14-31-3)12-27(10-16-7-5-4-6-8-16)11-17-9-24-21-20(17)25-15-26-22(21)28/h4-9,15,18-19,24H,10-14H2,1-3H3,(H,25,26,28)/t18-,19+/m1/s1. The third-order valence-corrected chi connectivity index (χ3v) is 6.38. The monoisotopic (exact) mass is 442 g/mol. The first-order chi connectivity index (χ1) is 14.9. The Labute approximate surface area is 186 Å². The van der Waals surface area contributed by atoms with E-state index in [1.807, 2.05) is 37.9 Å². The van der Waals surface area contributed by atoms with Crippen molar-refractivity contribution in [2.45, 2.75) is 38.8 Å². The lowest BCUT2D eigenvalue weighted by molar-refractivity contribution is -0.144. The molecule has 8 heteroatoms. The van der Waals surface area contributed by atoms with Crippen molar-refractivity contribution in [2.75, 3.05) is 25.2 Å². The zero-order chi connectivity index (χ0) is 21.8. The summed E-state index contributed by atoms with van der Waals surface area (Å²) in [5.74, 6) is 0.774. The maximum absolute atomic E-state index is 12.1. The van der Waals surface area contributed by atoms with Gasteiger partial charge in [-0.15, -0.1) is 0 Å². The second-order valence-corrected chi connectivity index (χ2v) is 9.42. The van der Waals surface area contributed by atoms with Crippen LogP contribution < -0.4 is 5.56 Å². The molecule has 4 rings (SSSR count). The predicted molar refractivity (Wildman–Crippen MR) is 124 cm³/mol. The Morgan fingerprint density at radius 3 is 2.77 bits per heavy atom. The number of rotatable bonds is 9. The molecule has 0 aliphatic carbocycles. The van der Waals surface area contributed by atoms with Gasteiger partial charge in [-0.25, -0.2) is 4.98 Å². The van der Waals surface area contributed by atoms with Crippen molar-refractivity contribution < 1.29 is 9.47 Å². The zero-order valence-corrected chi connectivity index (χ0v) is 19.1. The summed E-state index contributed by atoms with van der Waals surface area (Å²) >= 11 is 1.83. The fourth-order valence-corrected chi connectivity index (χ4v) is 4.91. The molecule has 1 aromatic carbocycles. The van der Waals surface area contributed by atoms with Crippen molar-refractivity contribution in [2.24, 2.45) is 5.92 Å². The van der Waals surface area contributed by atoms with E-state index in [1.54, 1.807) is 0 Å². The number of aromatic amines is 2. The number of aromatic nitrogens is 3. The van der Waals surface area contributed by atoms with Gasteiger partial charge in [0.1, 0.15) is 5.52 Å². The lowest BCUT2D eigenvalue weighted by Gasteiger charge is -2.30. The molecule has 166 valence electrons. The number of H-pyrrole nitrogens is 2. The predicted octanol–water partition coefficient (Wildman–Crippen LogP) is 3.38. The highest BCUT2D eigenvalue weighted by molar-refractivity contribution is 7.98. The summed E-state index contributed by atoms with van der Waals surface area (Å²) in [6, 6.07) is 10.5. The Morgan fingerprint density at radius 1 is 1.26 bits per heavy atom. The van der Waals surface area contributed by atoms with Crippen molar-refractivity contribution in [3.63, 3.8) is 0 Å². The molecule has 7 nitrogen and oxygen atoms in total. The molecule has 0 spiro atoms. The van der Waals surface area contributed by atoms with E-state index in [9.17, 15) is 4.79 Å². The molecule has 0 saturated carbocycles. The third-order valence-electron chi connectivity index (χ3n) is 5.62. The number of ether oxygens (including phenoxy) is 2. The molecule has 0 radical (unpaired) electrons. The first-order valence-corrected chi connectivity index (χ1v) is 11.9. The van der Waals surface area contributed by atoms with Gasteiger partial charge >= 0.3 is 0 Å². The van der Waals surface area contributed by atoms with Crippen LogP contribution in [-0.2, 0) is 22.6 Å². The maximum Gasteiger partial charge on any atom is 0.275 e. The number of benzene rings is 1. The third kappa shape index (κ3) is 5.38. The lowest BCUT2D eigenvalue weighted by Crippen LogP contribution is -2.38. The normalized spacial score (nSPS) is 19.3. The van der Waals surface area contributed by atoms with Gasteiger partial charge in [0.05, 0.1) is 24.6 Å². The Bertz CT molecular complexity index is 1050. The lowest BCUT2D eigenvalue weighted by atomic mass is 10.0. The van der Waals surface area contributed by atoms with Crippen LogP contribution in [-0.4, -0.2) is 56.9 Å². The number of fused-ring (bicyclic) bond motifs is 1. The molecule has 0 unspecified atom stereocenters. The highest BCUT2D eigenvalue weighted by Crippen LogP contribution is 2.29. The molecule has 0 amide bonds. The number of thioether (sulfide) groups is 1. The van der Waals surface area contributed by atoms with E-state index in [-0.39, 0.29) is 11.7 Å². The summed E-state index contributed by atoms with van der Waals surface area (Å²) in [5, 5.41) is 0. The van der Waals surface area contributed by atoms with Gasteiger partial charge in [0.2, 0.25) is 0 Å². The Kier molecular flexibility index (Phi) is 6.81. The summed E-state index contributed by atoms with van der Waals surface area (Å²) in [4.78, 5) is 24.6. The zero-order valence-electron chi connectivity index (χ0n) is 18.3. The van der Waals surface area contributed by atoms with E-state index in [0.29, 0.717) is 24.6 Å². The molecule has 1 aliphatic rings. The van der Waals surface area contributed by atoms with E-state index in [0.717, 1.165) is 29.9 Å². The Hall–Kier alpha value is -2.13. The molecular formula is C23H30N4O3S. The van der Waals surface area contributed by atoms with Gasteiger partial charge < -0.3 is 19.4 Å². The van der Waals surface area contributed by atoms with Crippen molar-refractivity contribution in [1.82, 2.24) is 19.9 Å². The van der Waals surface area contributed by atoms with E-state index >= 15 is 0 Å². The summed E-state index contributed by atoms with van der Waals surface area (Å²) < 4.78 is 12.1. The number of hydrogen-bond acceptors (Lipinski definition) is 6. The van der Waals surface area contributed by atoms with Crippen LogP contribution in [0.2, 0.25) is 0 Å². The second kappa shape index (κ2) is 9.56. The number of nitrogens with one attached hydrogen (secondary N) is 2. The molecule has 31 heavy (non-hydrogen) atoms. The summed E-state index contributed by atoms with van der Waals surface area (Å²) in [6.45, 7) is 6.91. The maximum atomic E-state index is 12.1. The average Bonchev–Trinajstić information content (AvgIpc) is 3.32. The van der Waals surface area contributed by atoms with Gasteiger partial charge in [0.25, 0.3) is 5.56 Å². The number of hydrogen-bond donors (Lipinski definition) is 2. The van der Waals surface area contributed by atoms with Crippen molar-refractivity contribution in [3.8, 4) is 0 Å². The van der Waals surface area contributed by atoms with Gasteiger partial charge in [0.15, 0.2) is 5.79 Å². The van der Waals surface area contributed by atoms with Gasteiger partial charge in [0, 0.05) is 37.3 Å². The largest absolute Gasteiger partial charge is 0.355 e. The average molecular weight is 443 g/mol. The van der Waals surface area contributed by atoms with Crippen LogP contribution in [0.4, 0.5) is 0 Å². The number of nitrogens with zero attached hydrogens (tertiary/aromatic N) is 2. The molecule has 2 N–H and O–H groups in total. The van der Waals surface area contributed by atoms with Gasteiger partial charge in [-0.1, -0.05) is 30.3 Å². The van der Waals surface area contributed by atoms with Crippen LogP contribution in [0, 0.1) is 5.92 Å². The van der Waals surface area contributed by atoms with Crippen LogP contribution in [0.25, 0.3) is 11.0 Å². The second-order valence-electron chi connectivity index (χ2n) is 8.51. The minimum absolute atomic E-state index is 0.0599. The van der Waals surface area contributed by atoms with E-state index < -0.39 is 5.79 Å². The van der Waals surface area contributed by atoms with Crippen LogP contribution >= 0.6 is 11.8 Å². The minimum Gasteiger partial charge on any atom is -0.355 e. The molecule has 3 aromatic rings. The summed E-state index contributed by atoms with van der Waals surface area (Å²) in [5.41, 5.74) is 3.37. The molecule has 1 saturated heterocycles. The molecule has 3 heterocycles. The first-order valence-electron chi connectivity index (χ1n) is 10.6. The molecular weight excluding hydrogens is 412 g/mol. The fourth-order valence-electron chi connectivity index (χ4n) is 4.16. The van der Waals surface area contributed by atoms with E-state index in [2.05, 4.69) is 50.4 Å². The van der Waals surface area contributed by atoms with Crippen LogP contribution in [0.15, 0.2) is 47.7 Å². The fraction of sp³-hybridized carbons (Fsp3) is 0.478. The van der Waals surface area contributed by atoms with Crippen molar-refractivity contribution in [3.05, 3.63) is 64.3 Å². The Morgan fingerprint density at radius 2 is 2.06 bits per heavy atom. The van der Waals surface area contributed by atoms with Gasteiger partial charge in [-0.3, -0.25) is 9.69 Å². The summed E-state index contributed by atoms with van der Waals surface area (Å²) in [7, 11) is 0. The van der Waals surface area contributed by atoms with Crippen molar-refractivity contribution in [1.29, 1.82) is 0 Å². The molecule has 0 bridgehead atoms. The summed E-state index contributed by atoms with van der Waals surface area (Å²) in [6.07, 6.45) is 5.55. The van der Waals surface area contributed by atoms with Gasteiger partial charge in [-0.05, 0) is 31.4 Å².